The molecule has 2 aromatic heterocycles. The maximum absolute atomic E-state index is 12.9. The summed E-state index contributed by atoms with van der Waals surface area (Å²) in [6.07, 6.45) is 18.1. The fourth-order valence-electron chi connectivity index (χ4n) is 6.03. The molecule has 0 radical (unpaired) electrons. The second-order valence-corrected chi connectivity index (χ2v) is 12.1. The monoisotopic (exact) mass is 562 g/mol. The van der Waals surface area contributed by atoms with E-state index in [4.69, 9.17) is 32.7 Å². The molecule has 0 spiro atoms. The number of hydrogen-bond acceptors (Lipinski definition) is 7. The van der Waals surface area contributed by atoms with Crippen molar-refractivity contribution < 1.29 is 14.3 Å². The van der Waals surface area contributed by atoms with E-state index in [0.717, 1.165) is 63.0 Å². The Morgan fingerprint density at radius 1 is 0.711 bits per heavy atom. The first kappa shape index (κ1) is 29.0. The Labute approximate surface area is 236 Å². The summed E-state index contributed by atoms with van der Waals surface area (Å²) in [4.78, 5) is 30.3. The zero-order chi connectivity index (χ0) is 26.9. The zero-order valence-electron chi connectivity index (χ0n) is 22.5. The summed E-state index contributed by atoms with van der Waals surface area (Å²) in [5.74, 6) is 5.15. The summed E-state index contributed by atoms with van der Waals surface area (Å²) in [5, 5.41) is 0.0505. The first-order chi connectivity index (χ1) is 18.4. The van der Waals surface area contributed by atoms with E-state index in [9.17, 15) is 4.79 Å². The normalized spacial score (nSPS) is 25.4. The number of halogens is 2. The quantitative estimate of drug-likeness (QED) is 0.282. The summed E-state index contributed by atoms with van der Waals surface area (Å²) in [6, 6.07) is 0. The second-order valence-electron chi connectivity index (χ2n) is 11.0. The molecule has 2 unspecified atom stereocenters. The van der Waals surface area contributed by atoms with Crippen LogP contribution in [0.4, 0.5) is 0 Å². The van der Waals surface area contributed by atoms with Crippen molar-refractivity contribution in [1.82, 2.24) is 19.9 Å². The Morgan fingerprint density at radius 2 is 1.05 bits per heavy atom. The number of Topliss-reactive ketones (excluding diaryl/α,β-unsaturated/α-hetero) is 1. The van der Waals surface area contributed by atoms with Crippen LogP contribution in [0, 0.1) is 23.7 Å². The van der Waals surface area contributed by atoms with E-state index in [1.165, 1.54) is 0 Å². The Hall–Kier alpha value is -1.99. The number of carbonyl (C=O) groups is 1. The Bertz CT molecular complexity index is 912. The molecule has 2 aliphatic rings. The van der Waals surface area contributed by atoms with Gasteiger partial charge < -0.3 is 9.47 Å². The maximum Gasteiger partial charge on any atom is 0.155 e. The van der Waals surface area contributed by atoms with E-state index >= 15 is 0 Å². The molecule has 2 aromatic rings. The van der Waals surface area contributed by atoms with Gasteiger partial charge in [0.1, 0.15) is 17.4 Å². The van der Waals surface area contributed by atoms with Gasteiger partial charge in [-0.15, -0.1) is 23.2 Å². The summed E-state index contributed by atoms with van der Waals surface area (Å²) in [6.45, 7) is 0. The van der Waals surface area contributed by atoms with Crippen molar-refractivity contribution >= 4 is 29.0 Å². The maximum atomic E-state index is 12.9. The highest BCUT2D eigenvalue weighted by atomic mass is 35.5. The lowest BCUT2D eigenvalue weighted by Crippen LogP contribution is -2.27. The number of hydrogen-bond donors (Lipinski definition) is 0. The number of aromatic nitrogens is 4. The highest BCUT2D eigenvalue weighted by Crippen LogP contribution is 2.38. The Kier molecular flexibility index (Phi) is 11.0. The molecule has 7 nitrogen and oxygen atoms in total. The van der Waals surface area contributed by atoms with Gasteiger partial charge in [-0.1, -0.05) is 0 Å². The predicted octanol–water partition coefficient (Wildman–Crippen LogP) is 6.25. The van der Waals surface area contributed by atoms with Crippen LogP contribution in [0.25, 0.3) is 0 Å². The van der Waals surface area contributed by atoms with Crippen molar-refractivity contribution in [2.24, 2.45) is 23.7 Å². The molecule has 0 aromatic carbocycles. The van der Waals surface area contributed by atoms with Crippen LogP contribution in [-0.4, -0.2) is 50.7 Å². The lowest BCUT2D eigenvalue weighted by Gasteiger charge is -2.32. The number of ketones is 1. The molecule has 208 valence electrons. The van der Waals surface area contributed by atoms with Gasteiger partial charge in [0.05, 0.1) is 39.0 Å². The predicted molar refractivity (Wildman–Crippen MR) is 149 cm³/mol. The highest BCUT2D eigenvalue weighted by molar-refractivity contribution is 6.21. The van der Waals surface area contributed by atoms with Crippen molar-refractivity contribution in [3.05, 3.63) is 36.4 Å². The van der Waals surface area contributed by atoms with Gasteiger partial charge in [0.2, 0.25) is 0 Å². The van der Waals surface area contributed by atoms with Crippen LogP contribution in [0.5, 0.6) is 11.5 Å². The van der Waals surface area contributed by atoms with Gasteiger partial charge in [-0.2, -0.15) is 0 Å². The summed E-state index contributed by atoms with van der Waals surface area (Å²) >= 11 is 13.5. The fourth-order valence-corrected chi connectivity index (χ4v) is 6.81. The van der Waals surface area contributed by atoms with E-state index in [1.807, 2.05) is 0 Å². The van der Waals surface area contributed by atoms with Gasteiger partial charge in [0.25, 0.3) is 0 Å². The number of methoxy groups -OCH3 is 2. The van der Waals surface area contributed by atoms with E-state index in [-0.39, 0.29) is 10.8 Å². The average molecular weight is 564 g/mol. The van der Waals surface area contributed by atoms with E-state index < -0.39 is 0 Å². The van der Waals surface area contributed by atoms with Crippen molar-refractivity contribution in [3.8, 4) is 11.5 Å². The standard InChI is InChI=1S/C29H40Cl2N4O3/c1-37-24-15-32-28(33-16-24)13-26(30)21-7-3-19(4-8-21)11-23(36)12-20-5-9-22(10-6-20)27(31)14-29-34-17-25(38-2)18-35-29/h15-22,26-27H,3-14H2,1-2H3. The van der Waals surface area contributed by atoms with Crippen molar-refractivity contribution in [3.63, 3.8) is 0 Å². The lowest BCUT2D eigenvalue weighted by atomic mass is 9.75. The third-order valence-electron chi connectivity index (χ3n) is 8.43. The van der Waals surface area contributed by atoms with Gasteiger partial charge >= 0.3 is 0 Å². The van der Waals surface area contributed by atoms with Crippen molar-refractivity contribution in [2.75, 3.05) is 14.2 Å². The van der Waals surface area contributed by atoms with Gasteiger partial charge in [-0.25, -0.2) is 19.9 Å². The van der Waals surface area contributed by atoms with Crippen molar-refractivity contribution in [1.29, 1.82) is 0 Å². The second kappa shape index (κ2) is 14.4. The fraction of sp³-hybridized carbons (Fsp3) is 0.690. The van der Waals surface area contributed by atoms with Crippen LogP contribution in [-0.2, 0) is 17.6 Å². The molecule has 2 atom stereocenters. The minimum atomic E-state index is 0.0253. The highest BCUT2D eigenvalue weighted by Gasteiger charge is 2.31. The van der Waals surface area contributed by atoms with Gasteiger partial charge in [0, 0.05) is 36.4 Å². The van der Waals surface area contributed by atoms with Crippen LogP contribution >= 0.6 is 23.2 Å². The van der Waals surface area contributed by atoms with Crippen LogP contribution in [0.3, 0.4) is 0 Å². The average Bonchev–Trinajstić information content (AvgIpc) is 2.94. The van der Waals surface area contributed by atoms with E-state index in [2.05, 4.69) is 19.9 Å². The Balaban J connectivity index is 1.12. The molecular formula is C29H40Cl2N4O3. The topological polar surface area (TPSA) is 87.1 Å². The minimum Gasteiger partial charge on any atom is -0.494 e. The minimum absolute atomic E-state index is 0.0253. The van der Waals surface area contributed by atoms with Crippen LogP contribution in [0.2, 0.25) is 0 Å². The molecular weight excluding hydrogens is 523 g/mol. The van der Waals surface area contributed by atoms with Crippen LogP contribution in [0.1, 0.15) is 75.9 Å². The lowest BCUT2D eigenvalue weighted by molar-refractivity contribution is -0.121. The number of carbonyl (C=O) groups excluding carboxylic acids is 1. The van der Waals surface area contributed by atoms with E-state index in [1.54, 1.807) is 39.0 Å². The molecule has 2 fully saturated rings. The zero-order valence-corrected chi connectivity index (χ0v) is 24.0. The molecule has 0 amide bonds. The molecule has 4 rings (SSSR count). The molecule has 0 aliphatic heterocycles. The van der Waals surface area contributed by atoms with Crippen LogP contribution in [0.15, 0.2) is 24.8 Å². The number of nitrogens with zero attached hydrogens (tertiary/aromatic N) is 4. The number of alkyl halides is 2. The molecule has 0 saturated heterocycles. The largest absolute Gasteiger partial charge is 0.494 e. The third kappa shape index (κ3) is 8.51. The van der Waals surface area contributed by atoms with Gasteiger partial charge in [-0.05, 0) is 75.0 Å². The number of ether oxygens (including phenoxy) is 2. The number of rotatable bonds is 12. The summed E-state index contributed by atoms with van der Waals surface area (Å²) in [7, 11) is 3.21. The van der Waals surface area contributed by atoms with E-state index in [0.29, 0.717) is 66.6 Å². The summed E-state index contributed by atoms with van der Waals surface area (Å²) in [5.41, 5.74) is 0. The third-order valence-corrected chi connectivity index (χ3v) is 9.45. The molecule has 0 N–H and O–H groups in total. The molecule has 9 heteroatoms. The first-order valence-electron chi connectivity index (χ1n) is 13.9. The SMILES string of the molecule is COc1cnc(CC(Cl)C2CCC(CC(=O)CC3CCC(C(Cl)Cc4ncc(OC)cn4)CC3)CC2)nc1. The molecule has 2 heterocycles. The molecule has 2 saturated carbocycles. The van der Waals surface area contributed by atoms with Crippen LogP contribution < -0.4 is 9.47 Å². The molecule has 38 heavy (non-hydrogen) atoms. The first-order valence-corrected chi connectivity index (χ1v) is 14.8. The van der Waals surface area contributed by atoms with Gasteiger partial charge in [-0.3, -0.25) is 4.79 Å². The molecule has 2 aliphatic carbocycles. The molecule has 0 bridgehead atoms. The Morgan fingerprint density at radius 3 is 1.37 bits per heavy atom. The smallest absolute Gasteiger partial charge is 0.155 e. The summed E-state index contributed by atoms with van der Waals surface area (Å²) < 4.78 is 10.2. The van der Waals surface area contributed by atoms with Gasteiger partial charge in [0.15, 0.2) is 11.5 Å². The van der Waals surface area contributed by atoms with Crippen molar-refractivity contribution in [2.45, 2.75) is 87.8 Å².